The van der Waals surface area contributed by atoms with E-state index in [0.717, 1.165) is 19.5 Å². The van der Waals surface area contributed by atoms with Gasteiger partial charge in [-0.3, -0.25) is 4.99 Å². The van der Waals surface area contributed by atoms with E-state index in [1.807, 2.05) is 0 Å². The van der Waals surface area contributed by atoms with E-state index in [1.54, 1.807) is 11.3 Å². The molecule has 1 aromatic heterocycles. The molecule has 1 unspecified atom stereocenters. The van der Waals surface area contributed by atoms with Gasteiger partial charge in [0.05, 0.1) is 0 Å². The highest BCUT2D eigenvalue weighted by Gasteiger charge is 2.21. The molecule has 0 radical (unpaired) electrons. The molecule has 21 heavy (non-hydrogen) atoms. The molecule has 0 saturated carbocycles. The van der Waals surface area contributed by atoms with Crippen LogP contribution in [-0.4, -0.2) is 19.0 Å². The van der Waals surface area contributed by atoms with E-state index in [4.69, 9.17) is 5.73 Å². The van der Waals surface area contributed by atoms with E-state index < -0.39 is 0 Å². The van der Waals surface area contributed by atoms with E-state index in [2.05, 4.69) is 52.1 Å². The molecule has 110 valence electrons. The molecule has 4 heteroatoms. The first-order valence-electron chi connectivity index (χ1n) is 7.47. The molecule has 3 N–H and O–H groups in total. The molecule has 1 aromatic carbocycles. The number of aryl methyl sites for hydroxylation is 1. The van der Waals surface area contributed by atoms with E-state index in [0.29, 0.717) is 11.9 Å². The minimum absolute atomic E-state index is 0.527. The zero-order valence-corrected chi connectivity index (χ0v) is 12.9. The zero-order valence-electron chi connectivity index (χ0n) is 12.1. The molecule has 2 aromatic rings. The zero-order chi connectivity index (χ0) is 14.5. The molecule has 0 fully saturated rings. The lowest BCUT2D eigenvalue weighted by Crippen LogP contribution is -2.33. The van der Waals surface area contributed by atoms with Gasteiger partial charge < -0.3 is 11.1 Å². The van der Waals surface area contributed by atoms with Crippen LogP contribution in [0.2, 0.25) is 0 Å². The summed E-state index contributed by atoms with van der Waals surface area (Å²) in [5.74, 6) is 1.09. The van der Waals surface area contributed by atoms with Gasteiger partial charge in [0, 0.05) is 23.9 Å². The number of hydrogen-bond donors (Lipinski definition) is 2. The summed E-state index contributed by atoms with van der Waals surface area (Å²) in [6.45, 7) is 1.63. The second kappa shape index (κ2) is 6.76. The number of fused-ring (bicyclic) bond motifs is 1. The SMILES string of the molecule is NC(=NCC1CCc2ccccc21)NCCc1cccs1. The monoisotopic (exact) mass is 299 g/mol. The molecule has 3 rings (SSSR count). The molecule has 0 aliphatic heterocycles. The minimum Gasteiger partial charge on any atom is -0.370 e. The van der Waals surface area contributed by atoms with Crippen LogP contribution in [0, 0.1) is 0 Å². The van der Waals surface area contributed by atoms with E-state index in [-0.39, 0.29) is 0 Å². The van der Waals surface area contributed by atoms with E-state index >= 15 is 0 Å². The number of guanidine groups is 1. The van der Waals surface area contributed by atoms with Gasteiger partial charge in [0.1, 0.15) is 0 Å². The Labute approximate surface area is 129 Å². The number of nitrogens with two attached hydrogens (primary N) is 1. The fourth-order valence-corrected chi connectivity index (χ4v) is 3.58. The molecular weight excluding hydrogens is 278 g/mol. The van der Waals surface area contributed by atoms with Crippen molar-refractivity contribution in [1.82, 2.24) is 5.32 Å². The van der Waals surface area contributed by atoms with Gasteiger partial charge in [0.25, 0.3) is 0 Å². The third-order valence-electron chi connectivity index (χ3n) is 4.00. The highest BCUT2D eigenvalue weighted by molar-refractivity contribution is 7.09. The Hall–Kier alpha value is -1.81. The highest BCUT2D eigenvalue weighted by atomic mass is 32.1. The minimum atomic E-state index is 0.527. The Morgan fingerprint density at radius 1 is 1.29 bits per heavy atom. The normalized spacial score (nSPS) is 17.7. The van der Waals surface area contributed by atoms with Gasteiger partial charge in [0.2, 0.25) is 0 Å². The maximum absolute atomic E-state index is 5.95. The average Bonchev–Trinajstić information content (AvgIpc) is 3.14. The van der Waals surface area contributed by atoms with Crippen molar-refractivity contribution in [2.75, 3.05) is 13.1 Å². The van der Waals surface area contributed by atoms with E-state index in [1.165, 1.54) is 28.8 Å². The second-order valence-corrected chi connectivity index (χ2v) is 6.45. The number of hydrogen-bond acceptors (Lipinski definition) is 2. The highest BCUT2D eigenvalue weighted by Crippen LogP contribution is 2.32. The Morgan fingerprint density at radius 3 is 3.05 bits per heavy atom. The second-order valence-electron chi connectivity index (χ2n) is 5.42. The van der Waals surface area contributed by atoms with Crippen LogP contribution in [0.25, 0.3) is 0 Å². The largest absolute Gasteiger partial charge is 0.370 e. The Balaban J connectivity index is 1.47. The molecule has 0 bridgehead atoms. The van der Waals surface area contributed by atoms with Gasteiger partial charge >= 0.3 is 0 Å². The predicted octanol–water partition coefficient (Wildman–Crippen LogP) is 2.92. The van der Waals surface area contributed by atoms with Crippen LogP contribution in [0.1, 0.15) is 28.3 Å². The van der Waals surface area contributed by atoms with Gasteiger partial charge in [-0.15, -0.1) is 11.3 Å². The van der Waals surface area contributed by atoms with Gasteiger partial charge in [-0.05, 0) is 41.8 Å². The van der Waals surface area contributed by atoms with Crippen molar-refractivity contribution >= 4 is 17.3 Å². The topological polar surface area (TPSA) is 50.4 Å². The summed E-state index contributed by atoms with van der Waals surface area (Å²) >= 11 is 1.78. The smallest absolute Gasteiger partial charge is 0.188 e. The number of nitrogens with one attached hydrogen (secondary N) is 1. The molecule has 0 spiro atoms. The summed E-state index contributed by atoms with van der Waals surface area (Å²) in [7, 11) is 0. The molecule has 1 heterocycles. The first-order valence-corrected chi connectivity index (χ1v) is 8.35. The maximum atomic E-state index is 5.95. The van der Waals surface area contributed by atoms with Crippen molar-refractivity contribution < 1.29 is 0 Å². The number of rotatable bonds is 5. The standard InChI is InChI=1S/C17H21N3S/c18-17(19-10-9-15-5-3-11-21-15)20-12-14-8-7-13-4-1-2-6-16(13)14/h1-6,11,14H,7-10,12H2,(H3,18,19,20). The third-order valence-corrected chi connectivity index (χ3v) is 4.93. The van der Waals surface area contributed by atoms with Crippen LogP contribution >= 0.6 is 11.3 Å². The van der Waals surface area contributed by atoms with Crippen molar-refractivity contribution in [3.05, 3.63) is 57.8 Å². The van der Waals surface area contributed by atoms with Crippen LogP contribution < -0.4 is 11.1 Å². The van der Waals surface area contributed by atoms with Gasteiger partial charge in [-0.2, -0.15) is 0 Å². The first kappa shape index (κ1) is 14.1. The van der Waals surface area contributed by atoms with Crippen molar-refractivity contribution in [2.24, 2.45) is 10.7 Å². The Kier molecular flexibility index (Phi) is 4.55. The lowest BCUT2D eigenvalue weighted by Gasteiger charge is -2.10. The maximum Gasteiger partial charge on any atom is 0.188 e. The van der Waals surface area contributed by atoms with Crippen LogP contribution in [-0.2, 0) is 12.8 Å². The van der Waals surface area contributed by atoms with Crippen molar-refractivity contribution in [1.29, 1.82) is 0 Å². The number of benzene rings is 1. The summed E-state index contributed by atoms with van der Waals surface area (Å²) in [5.41, 5.74) is 8.88. The predicted molar refractivity (Wildman–Crippen MR) is 90.0 cm³/mol. The molecule has 0 amide bonds. The summed E-state index contributed by atoms with van der Waals surface area (Å²) in [4.78, 5) is 5.89. The summed E-state index contributed by atoms with van der Waals surface area (Å²) < 4.78 is 0. The molecular formula is C17H21N3S. The number of thiophene rings is 1. The molecule has 1 aliphatic carbocycles. The summed E-state index contributed by atoms with van der Waals surface area (Å²) in [5, 5.41) is 5.30. The van der Waals surface area contributed by atoms with Crippen molar-refractivity contribution in [3.63, 3.8) is 0 Å². The van der Waals surface area contributed by atoms with Crippen LogP contribution in [0.4, 0.5) is 0 Å². The third kappa shape index (κ3) is 3.64. The van der Waals surface area contributed by atoms with E-state index in [9.17, 15) is 0 Å². The molecule has 0 saturated heterocycles. The lowest BCUT2D eigenvalue weighted by atomic mass is 10.0. The number of nitrogens with zero attached hydrogens (tertiary/aromatic N) is 1. The van der Waals surface area contributed by atoms with Crippen molar-refractivity contribution in [2.45, 2.75) is 25.2 Å². The lowest BCUT2D eigenvalue weighted by molar-refractivity contribution is 0.685. The molecule has 3 nitrogen and oxygen atoms in total. The molecule has 1 atom stereocenters. The average molecular weight is 299 g/mol. The first-order chi connectivity index (χ1) is 10.3. The fourth-order valence-electron chi connectivity index (χ4n) is 2.87. The summed E-state index contributed by atoms with van der Waals surface area (Å²) in [6, 6.07) is 12.9. The van der Waals surface area contributed by atoms with Crippen LogP contribution in [0.15, 0.2) is 46.8 Å². The van der Waals surface area contributed by atoms with Gasteiger partial charge in [0.15, 0.2) is 5.96 Å². The van der Waals surface area contributed by atoms with Crippen LogP contribution in [0.5, 0.6) is 0 Å². The Morgan fingerprint density at radius 2 is 2.19 bits per heavy atom. The van der Waals surface area contributed by atoms with Gasteiger partial charge in [-0.1, -0.05) is 30.3 Å². The molecule has 1 aliphatic rings. The number of aliphatic imine (C=N–C) groups is 1. The fraction of sp³-hybridized carbons (Fsp3) is 0.353. The Bertz CT molecular complexity index is 604. The van der Waals surface area contributed by atoms with Crippen molar-refractivity contribution in [3.8, 4) is 0 Å². The van der Waals surface area contributed by atoms with Crippen LogP contribution in [0.3, 0.4) is 0 Å². The summed E-state index contributed by atoms with van der Waals surface area (Å²) in [6.07, 6.45) is 3.35. The van der Waals surface area contributed by atoms with Gasteiger partial charge in [-0.25, -0.2) is 0 Å². The quantitative estimate of drug-likeness (QED) is 0.659.